The van der Waals surface area contributed by atoms with Crippen molar-refractivity contribution in [3.63, 3.8) is 0 Å². The average Bonchev–Trinajstić information content (AvgIpc) is 2.43. The van der Waals surface area contributed by atoms with Gasteiger partial charge in [-0.1, -0.05) is 22.0 Å². The van der Waals surface area contributed by atoms with E-state index in [1.54, 1.807) is 0 Å². The summed E-state index contributed by atoms with van der Waals surface area (Å²) in [6, 6.07) is 11.6. The number of nitrogens with one attached hydrogen (secondary N) is 2. The lowest BCUT2D eigenvalue weighted by atomic mass is 10.1. The van der Waals surface area contributed by atoms with Crippen molar-refractivity contribution in [3.05, 3.63) is 57.6 Å². The summed E-state index contributed by atoms with van der Waals surface area (Å²) >= 11 is 3.46. The molecular weight excluding hydrogens is 328 g/mol. The molecule has 0 bridgehead atoms. The Morgan fingerprint density at radius 2 is 1.90 bits per heavy atom. The summed E-state index contributed by atoms with van der Waals surface area (Å²) in [5.74, 6) is -0.104. The molecular formula is C17H19BrN2O. The van der Waals surface area contributed by atoms with Gasteiger partial charge in [0.25, 0.3) is 5.91 Å². The molecule has 0 spiro atoms. The first kappa shape index (κ1) is 15.6. The summed E-state index contributed by atoms with van der Waals surface area (Å²) < 4.78 is 1.03. The first-order valence-electron chi connectivity index (χ1n) is 6.93. The van der Waals surface area contributed by atoms with Gasteiger partial charge in [0.05, 0.1) is 5.56 Å². The third-order valence-corrected chi connectivity index (χ3v) is 4.09. The highest BCUT2D eigenvalue weighted by atomic mass is 79.9. The van der Waals surface area contributed by atoms with E-state index < -0.39 is 0 Å². The number of rotatable bonds is 4. The molecule has 2 N–H and O–H groups in total. The van der Waals surface area contributed by atoms with Crippen LogP contribution in [0.4, 0.5) is 11.4 Å². The maximum Gasteiger partial charge on any atom is 0.257 e. The van der Waals surface area contributed by atoms with Gasteiger partial charge in [-0.05, 0) is 62.2 Å². The minimum atomic E-state index is -0.104. The van der Waals surface area contributed by atoms with Gasteiger partial charge in [0.15, 0.2) is 0 Å². The maximum absolute atomic E-state index is 12.5. The van der Waals surface area contributed by atoms with Crippen molar-refractivity contribution in [3.8, 4) is 0 Å². The van der Waals surface area contributed by atoms with Gasteiger partial charge in [-0.15, -0.1) is 0 Å². The van der Waals surface area contributed by atoms with Crippen molar-refractivity contribution in [2.24, 2.45) is 0 Å². The van der Waals surface area contributed by atoms with Crippen LogP contribution in [-0.2, 0) is 0 Å². The second-order valence-electron chi connectivity index (χ2n) is 5.00. The molecule has 0 unspecified atom stereocenters. The summed E-state index contributed by atoms with van der Waals surface area (Å²) in [7, 11) is 0. The zero-order chi connectivity index (χ0) is 15.4. The van der Waals surface area contributed by atoms with Gasteiger partial charge in [-0.2, -0.15) is 0 Å². The smallest absolute Gasteiger partial charge is 0.257 e. The molecule has 2 aromatic rings. The lowest BCUT2D eigenvalue weighted by molar-refractivity contribution is 0.102. The highest BCUT2D eigenvalue weighted by molar-refractivity contribution is 9.10. The summed E-state index contributed by atoms with van der Waals surface area (Å²) in [5.41, 5.74) is 4.53. The fourth-order valence-electron chi connectivity index (χ4n) is 2.11. The standard InChI is InChI=1S/C17H19BrN2O/c1-4-19-16-9-11(2)5-7-14(16)17(21)20-13-6-8-15(18)12(3)10-13/h5-10,19H,4H2,1-3H3,(H,20,21). The van der Waals surface area contributed by atoms with Crippen molar-refractivity contribution in [1.29, 1.82) is 0 Å². The number of carbonyl (C=O) groups is 1. The molecule has 4 heteroatoms. The predicted molar refractivity (Wildman–Crippen MR) is 92.2 cm³/mol. The molecule has 0 heterocycles. The van der Waals surface area contributed by atoms with Crippen LogP contribution in [0, 0.1) is 13.8 Å². The molecule has 0 saturated heterocycles. The number of aryl methyl sites for hydroxylation is 2. The van der Waals surface area contributed by atoms with Gasteiger partial charge in [0.2, 0.25) is 0 Å². The van der Waals surface area contributed by atoms with Gasteiger partial charge in [0, 0.05) is 22.4 Å². The Labute approximate surface area is 133 Å². The first-order valence-corrected chi connectivity index (χ1v) is 7.72. The minimum Gasteiger partial charge on any atom is -0.385 e. The van der Waals surface area contributed by atoms with Crippen LogP contribution in [0.15, 0.2) is 40.9 Å². The van der Waals surface area contributed by atoms with Gasteiger partial charge in [-0.25, -0.2) is 0 Å². The highest BCUT2D eigenvalue weighted by Crippen LogP contribution is 2.22. The van der Waals surface area contributed by atoms with Crippen molar-refractivity contribution < 1.29 is 4.79 Å². The molecule has 3 nitrogen and oxygen atoms in total. The predicted octanol–water partition coefficient (Wildman–Crippen LogP) is 4.75. The number of halogens is 1. The second-order valence-corrected chi connectivity index (χ2v) is 5.85. The SMILES string of the molecule is CCNc1cc(C)ccc1C(=O)Nc1ccc(Br)c(C)c1. The molecule has 21 heavy (non-hydrogen) atoms. The van der Waals surface area contributed by atoms with Crippen LogP contribution >= 0.6 is 15.9 Å². The molecule has 0 radical (unpaired) electrons. The Balaban J connectivity index is 2.25. The lowest BCUT2D eigenvalue weighted by Crippen LogP contribution is -2.15. The lowest BCUT2D eigenvalue weighted by Gasteiger charge is -2.12. The van der Waals surface area contributed by atoms with Crippen molar-refractivity contribution in [1.82, 2.24) is 0 Å². The van der Waals surface area contributed by atoms with E-state index in [9.17, 15) is 4.79 Å². The zero-order valence-electron chi connectivity index (χ0n) is 12.5. The number of amides is 1. The van der Waals surface area contributed by atoms with Gasteiger partial charge >= 0.3 is 0 Å². The van der Waals surface area contributed by atoms with E-state index in [-0.39, 0.29) is 5.91 Å². The van der Waals surface area contributed by atoms with Crippen LogP contribution in [-0.4, -0.2) is 12.5 Å². The van der Waals surface area contributed by atoms with Gasteiger partial charge < -0.3 is 10.6 Å². The molecule has 0 saturated carbocycles. The quantitative estimate of drug-likeness (QED) is 0.838. The van der Waals surface area contributed by atoms with E-state index >= 15 is 0 Å². The molecule has 2 rings (SSSR count). The van der Waals surface area contributed by atoms with Crippen LogP contribution < -0.4 is 10.6 Å². The van der Waals surface area contributed by atoms with Crippen LogP contribution in [0.2, 0.25) is 0 Å². The molecule has 0 atom stereocenters. The van der Waals surface area contributed by atoms with Crippen molar-refractivity contribution in [2.45, 2.75) is 20.8 Å². The summed E-state index contributed by atoms with van der Waals surface area (Å²) in [6.07, 6.45) is 0. The molecule has 0 aromatic heterocycles. The maximum atomic E-state index is 12.5. The molecule has 1 amide bonds. The normalized spacial score (nSPS) is 10.3. The Morgan fingerprint density at radius 1 is 1.14 bits per heavy atom. The zero-order valence-corrected chi connectivity index (χ0v) is 14.0. The van der Waals surface area contributed by atoms with E-state index in [1.807, 2.05) is 57.2 Å². The summed E-state index contributed by atoms with van der Waals surface area (Å²) in [5, 5.41) is 6.18. The average molecular weight is 347 g/mol. The van der Waals surface area contributed by atoms with Crippen LogP contribution in [0.25, 0.3) is 0 Å². The van der Waals surface area contributed by atoms with E-state index in [4.69, 9.17) is 0 Å². The van der Waals surface area contributed by atoms with Crippen molar-refractivity contribution in [2.75, 3.05) is 17.2 Å². The fourth-order valence-corrected chi connectivity index (χ4v) is 2.36. The Morgan fingerprint density at radius 3 is 2.57 bits per heavy atom. The summed E-state index contributed by atoms with van der Waals surface area (Å²) in [6.45, 7) is 6.81. The Hall–Kier alpha value is -1.81. The second kappa shape index (κ2) is 6.76. The van der Waals surface area contributed by atoms with Gasteiger partial charge in [-0.3, -0.25) is 4.79 Å². The molecule has 0 aliphatic rings. The van der Waals surface area contributed by atoms with E-state index in [2.05, 4.69) is 26.6 Å². The number of hydrogen-bond donors (Lipinski definition) is 2. The molecule has 0 fully saturated rings. The third-order valence-electron chi connectivity index (χ3n) is 3.20. The molecule has 0 aliphatic carbocycles. The van der Waals surface area contributed by atoms with E-state index in [1.165, 1.54) is 0 Å². The first-order chi connectivity index (χ1) is 10.0. The topological polar surface area (TPSA) is 41.1 Å². The minimum absolute atomic E-state index is 0.104. The monoisotopic (exact) mass is 346 g/mol. The van der Waals surface area contributed by atoms with E-state index in [0.29, 0.717) is 5.56 Å². The van der Waals surface area contributed by atoms with Crippen LogP contribution in [0.3, 0.4) is 0 Å². The van der Waals surface area contributed by atoms with E-state index in [0.717, 1.165) is 33.5 Å². The van der Waals surface area contributed by atoms with Gasteiger partial charge in [0.1, 0.15) is 0 Å². The van der Waals surface area contributed by atoms with Crippen LogP contribution in [0.5, 0.6) is 0 Å². The van der Waals surface area contributed by atoms with Crippen LogP contribution in [0.1, 0.15) is 28.4 Å². The fraction of sp³-hybridized carbons (Fsp3) is 0.235. The number of benzene rings is 2. The molecule has 110 valence electrons. The van der Waals surface area contributed by atoms with Crippen molar-refractivity contribution >= 4 is 33.2 Å². The highest BCUT2D eigenvalue weighted by Gasteiger charge is 2.12. The number of hydrogen-bond acceptors (Lipinski definition) is 2. The number of carbonyl (C=O) groups excluding carboxylic acids is 1. The summed E-state index contributed by atoms with van der Waals surface area (Å²) in [4.78, 5) is 12.5. The molecule has 2 aromatic carbocycles. The molecule has 0 aliphatic heterocycles. The Bertz CT molecular complexity index is 668. The third kappa shape index (κ3) is 3.85. The largest absolute Gasteiger partial charge is 0.385 e. The Kier molecular flexibility index (Phi) is 5.02. The number of anilines is 2.